The molecule has 1 aliphatic rings. The van der Waals surface area contributed by atoms with Crippen molar-refractivity contribution in [2.75, 3.05) is 20.3 Å². The van der Waals surface area contributed by atoms with Crippen LogP contribution in [0.4, 0.5) is 0 Å². The summed E-state index contributed by atoms with van der Waals surface area (Å²) in [5.41, 5.74) is 7.22. The zero-order valence-electron chi connectivity index (χ0n) is 20.5. The molecule has 2 aromatic carbocycles. The number of nitrogens with zero attached hydrogens (tertiary/aromatic N) is 1. The molecule has 10 heteroatoms. The van der Waals surface area contributed by atoms with Crippen LogP contribution < -0.4 is 21.1 Å². The number of fused-ring (bicyclic) bond motifs is 1. The predicted octanol–water partition coefficient (Wildman–Crippen LogP) is 1.11. The Morgan fingerprint density at radius 3 is 2.57 bits per heavy atom. The minimum absolute atomic E-state index is 0.0674. The van der Waals surface area contributed by atoms with Gasteiger partial charge in [-0.1, -0.05) is 36.4 Å². The number of benzene rings is 2. The molecular formula is C27H30N4O6. The number of rotatable bonds is 11. The van der Waals surface area contributed by atoms with Crippen molar-refractivity contribution < 1.29 is 29.0 Å². The number of carbonyl (C=O) groups excluding carboxylic acids is 4. The van der Waals surface area contributed by atoms with Gasteiger partial charge in [0.05, 0.1) is 18.7 Å². The Labute approximate surface area is 213 Å². The van der Waals surface area contributed by atoms with Crippen LogP contribution in [-0.4, -0.2) is 59.5 Å². The number of ketones is 1. The minimum Gasteiger partial charge on any atom is -0.496 e. The number of hydrogen-bond donors (Lipinski definition) is 4. The number of ether oxygens (including phenoxy) is 1. The minimum atomic E-state index is -1.07. The van der Waals surface area contributed by atoms with Gasteiger partial charge in [0.25, 0.3) is 5.91 Å². The van der Waals surface area contributed by atoms with Crippen LogP contribution in [0, 0.1) is 5.92 Å². The SMILES string of the molecule is COc1cccc2c1cc(C(N)=O)n2[C@@H](Cc1ccccc1)C(=O)N[C@@H](C[C@@H]1CCNC1=O)C(=O)CO. The average Bonchev–Trinajstić information content (AvgIpc) is 3.50. The first-order valence-electron chi connectivity index (χ1n) is 12.1. The lowest BCUT2D eigenvalue weighted by molar-refractivity contribution is -0.132. The van der Waals surface area contributed by atoms with Crippen molar-refractivity contribution in [2.45, 2.75) is 31.3 Å². The first-order valence-corrected chi connectivity index (χ1v) is 12.1. The molecule has 1 fully saturated rings. The number of aliphatic hydroxyl groups is 1. The van der Waals surface area contributed by atoms with Gasteiger partial charge in [-0.15, -0.1) is 0 Å². The van der Waals surface area contributed by atoms with E-state index in [1.807, 2.05) is 30.3 Å². The summed E-state index contributed by atoms with van der Waals surface area (Å²) in [5.74, 6) is -2.00. The van der Waals surface area contributed by atoms with Gasteiger partial charge >= 0.3 is 0 Å². The molecule has 1 saturated heterocycles. The van der Waals surface area contributed by atoms with Gasteiger partial charge in [-0.05, 0) is 36.6 Å². The molecule has 0 bridgehead atoms. The van der Waals surface area contributed by atoms with E-state index in [2.05, 4.69) is 10.6 Å². The number of aromatic nitrogens is 1. The fraction of sp³-hybridized carbons (Fsp3) is 0.333. The van der Waals surface area contributed by atoms with E-state index in [9.17, 15) is 24.3 Å². The highest BCUT2D eigenvalue weighted by Crippen LogP contribution is 2.32. The highest BCUT2D eigenvalue weighted by atomic mass is 16.5. The van der Waals surface area contributed by atoms with Crippen LogP contribution in [0.25, 0.3) is 10.9 Å². The van der Waals surface area contributed by atoms with E-state index in [1.54, 1.807) is 28.8 Å². The molecule has 2 heterocycles. The van der Waals surface area contributed by atoms with E-state index < -0.39 is 42.2 Å². The fourth-order valence-electron chi connectivity index (χ4n) is 4.87. The third kappa shape index (κ3) is 5.49. The first kappa shape index (κ1) is 25.9. The molecular weight excluding hydrogens is 476 g/mol. The van der Waals surface area contributed by atoms with Gasteiger partial charge in [-0.25, -0.2) is 0 Å². The Kier molecular flexibility index (Phi) is 7.88. The molecule has 0 unspecified atom stereocenters. The fourth-order valence-corrected chi connectivity index (χ4v) is 4.87. The van der Waals surface area contributed by atoms with Gasteiger partial charge in [0.1, 0.15) is 24.1 Å². The Balaban J connectivity index is 1.77. The smallest absolute Gasteiger partial charge is 0.265 e. The molecule has 1 aromatic heterocycles. The molecule has 10 nitrogen and oxygen atoms in total. The molecule has 5 N–H and O–H groups in total. The van der Waals surface area contributed by atoms with Crippen LogP contribution >= 0.6 is 0 Å². The van der Waals surface area contributed by atoms with Gasteiger partial charge in [0.15, 0.2) is 5.78 Å². The van der Waals surface area contributed by atoms with Crippen molar-refractivity contribution in [1.29, 1.82) is 0 Å². The average molecular weight is 507 g/mol. The molecule has 3 amide bonds. The summed E-state index contributed by atoms with van der Waals surface area (Å²) in [5, 5.41) is 15.6. The highest BCUT2D eigenvalue weighted by Gasteiger charge is 2.34. The molecule has 0 saturated carbocycles. The van der Waals surface area contributed by atoms with Crippen molar-refractivity contribution in [3.63, 3.8) is 0 Å². The van der Waals surface area contributed by atoms with E-state index >= 15 is 0 Å². The lowest BCUT2D eigenvalue weighted by Crippen LogP contribution is -2.47. The maximum Gasteiger partial charge on any atom is 0.265 e. The topological polar surface area (TPSA) is 153 Å². The summed E-state index contributed by atoms with van der Waals surface area (Å²) < 4.78 is 7.01. The van der Waals surface area contributed by atoms with E-state index in [0.717, 1.165) is 5.56 Å². The van der Waals surface area contributed by atoms with Gasteiger partial charge in [0, 0.05) is 24.3 Å². The number of amides is 3. The normalized spacial score (nSPS) is 16.7. The number of primary amides is 1. The van der Waals surface area contributed by atoms with Gasteiger partial charge in [0.2, 0.25) is 11.8 Å². The number of nitrogens with two attached hydrogens (primary N) is 1. The molecule has 0 aliphatic carbocycles. The molecule has 1 aliphatic heterocycles. The zero-order chi connectivity index (χ0) is 26.5. The van der Waals surface area contributed by atoms with Crippen LogP contribution in [-0.2, 0) is 20.8 Å². The molecule has 3 atom stereocenters. The second-order valence-electron chi connectivity index (χ2n) is 9.06. The molecule has 3 aromatic rings. The number of Topliss-reactive ketones (excluding diaryl/α,β-unsaturated/α-hetero) is 1. The van der Waals surface area contributed by atoms with Crippen LogP contribution in [0.3, 0.4) is 0 Å². The lowest BCUT2D eigenvalue weighted by atomic mass is 9.95. The maximum absolute atomic E-state index is 13.9. The Hall–Kier alpha value is -4.18. The maximum atomic E-state index is 13.9. The zero-order valence-corrected chi connectivity index (χ0v) is 20.5. The van der Waals surface area contributed by atoms with Crippen molar-refractivity contribution in [1.82, 2.24) is 15.2 Å². The Bertz CT molecular complexity index is 1320. The van der Waals surface area contributed by atoms with Crippen molar-refractivity contribution in [3.05, 3.63) is 65.9 Å². The number of hydrogen-bond acceptors (Lipinski definition) is 6. The monoisotopic (exact) mass is 506 g/mol. The Morgan fingerprint density at radius 2 is 1.95 bits per heavy atom. The number of nitrogens with one attached hydrogen (secondary N) is 2. The van der Waals surface area contributed by atoms with Crippen LogP contribution in [0.2, 0.25) is 0 Å². The van der Waals surface area contributed by atoms with Gasteiger partial charge in [-0.3, -0.25) is 19.2 Å². The molecule has 194 valence electrons. The number of methoxy groups -OCH3 is 1. The first-order chi connectivity index (χ1) is 17.8. The highest BCUT2D eigenvalue weighted by molar-refractivity contribution is 6.01. The molecule has 0 radical (unpaired) electrons. The van der Waals surface area contributed by atoms with E-state index in [1.165, 1.54) is 7.11 Å². The molecule has 4 rings (SSSR count). The Morgan fingerprint density at radius 1 is 1.19 bits per heavy atom. The van der Waals surface area contributed by atoms with E-state index in [-0.39, 0.29) is 24.4 Å². The molecule has 0 spiro atoms. The summed E-state index contributed by atoms with van der Waals surface area (Å²) in [7, 11) is 1.51. The van der Waals surface area contributed by atoms with E-state index in [4.69, 9.17) is 10.5 Å². The predicted molar refractivity (Wildman–Crippen MR) is 136 cm³/mol. The summed E-state index contributed by atoms with van der Waals surface area (Å²) in [4.78, 5) is 51.1. The quantitative estimate of drug-likeness (QED) is 0.306. The van der Waals surface area contributed by atoms with Crippen LogP contribution in [0.1, 0.15) is 34.9 Å². The standard InChI is InChI=1S/C27H30N4O6/c1-37-24-9-5-8-20-18(24)14-21(25(28)34)31(20)22(12-16-6-3-2-4-7-16)27(36)30-19(23(33)15-32)13-17-10-11-29-26(17)35/h2-9,14,17,19,22,32H,10-13,15H2,1H3,(H2,28,34)(H,29,35)(H,30,36)/t17-,19-,22-/m0/s1. The third-order valence-electron chi connectivity index (χ3n) is 6.75. The van der Waals surface area contributed by atoms with Crippen LogP contribution in [0.15, 0.2) is 54.6 Å². The summed E-state index contributed by atoms with van der Waals surface area (Å²) in [6, 6.07) is 14.0. The summed E-state index contributed by atoms with van der Waals surface area (Å²) in [6.45, 7) is -0.286. The van der Waals surface area contributed by atoms with Crippen molar-refractivity contribution >= 4 is 34.4 Å². The second kappa shape index (κ2) is 11.3. The number of aliphatic hydroxyl groups excluding tert-OH is 1. The largest absolute Gasteiger partial charge is 0.496 e. The summed E-state index contributed by atoms with van der Waals surface area (Å²) in [6.07, 6.45) is 0.793. The second-order valence-corrected chi connectivity index (χ2v) is 9.06. The van der Waals surface area contributed by atoms with Crippen LogP contribution in [0.5, 0.6) is 5.75 Å². The van der Waals surface area contributed by atoms with Crippen molar-refractivity contribution in [2.24, 2.45) is 11.7 Å². The van der Waals surface area contributed by atoms with Gasteiger partial charge < -0.3 is 30.8 Å². The van der Waals surface area contributed by atoms with Crippen molar-refractivity contribution in [3.8, 4) is 5.75 Å². The molecule has 37 heavy (non-hydrogen) atoms. The third-order valence-corrected chi connectivity index (χ3v) is 6.75. The summed E-state index contributed by atoms with van der Waals surface area (Å²) >= 11 is 0. The number of carbonyl (C=O) groups is 4. The lowest BCUT2D eigenvalue weighted by Gasteiger charge is -2.26. The van der Waals surface area contributed by atoms with E-state index in [0.29, 0.717) is 29.6 Å². The van der Waals surface area contributed by atoms with Gasteiger partial charge in [-0.2, -0.15) is 0 Å².